The van der Waals surface area contributed by atoms with E-state index in [-0.39, 0.29) is 10.9 Å². The summed E-state index contributed by atoms with van der Waals surface area (Å²) in [5, 5.41) is 1.19. The van der Waals surface area contributed by atoms with Crippen LogP contribution in [-0.2, 0) is 0 Å². The van der Waals surface area contributed by atoms with E-state index < -0.39 is 0 Å². The Labute approximate surface area is 126 Å². The number of hydrogen-bond donors (Lipinski definition) is 0. The molecule has 1 aliphatic carbocycles. The maximum atomic E-state index is 12.6. The maximum Gasteiger partial charge on any atom is 0.197 e. The van der Waals surface area contributed by atoms with Crippen LogP contribution in [0.15, 0.2) is 42.5 Å². The van der Waals surface area contributed by atoms with Gasteiger partial charge in [0.15, 0.2) is 5.78 Å². The smallest absolute Gasteiger partial charge is 0.197 e. The Hall–Kier alpha value is -2.39. The first-order valence-corrected chi connectivity index (χ1v) is 6.90. The lowest BCUT2D eigenvalue weighted by Gasteiger charge is -2.07. The monoisotopic (exact) mass is 295 g/mol. The molecule has 0 fully saturated rings. The highest BCUT2D eigenvalue weighted by Gasteiger charge is 2.32. The zero-order chi connectivity index (χ0) is 14.6. The Kier molecular flexibility index (Phi) is 2.53. The summed E-state index contributed by atoms with van der Waals surface area (Å²) in [4.78, 5) is 17.0. The summed E-state index contributed by atoms with van der Waals surface area (Å²) in [5.41, 5.74) is 3.64. The number of fused-ring (bicyclic) bond motifs is 5. The highest BCUT2D eigenvalue weighted by molar-refractivity contribution is 6.38. The minimum absolute atomic E-state index is 0.0952. The van der Waals surface area contributed by atoms with Gasteiger partial charge < -0.3 is 4.74 Å². The third-order valence-electron chi connectivity index (χ3n) is 3.82. The van der Waals surface area contributed by atoms with E-state index in [0.717, 1.165) is 22.0 Å². The van der Waals surface area contributed by atoms with Crippen molar-refractivity contribution in [2.75, 3.05) is 7.11 Å². The van der Waals surface area contributed by atoms with Crippen molar-refractivity contribution in [3.8, 4) is 16.9 Å². The van der Waals surface area contributed by atoms with E-state index in [1.165, 1.54) is 0 Å². The maximum absolute atomic E-state index is 12.6. The fourth-order valence-electron chi connectivity index (χ4n) is 2.86. The van der Waals surface area contributed by atoms with E-state index in [4.69, 9.17) is 16.3 Å². The molecule has 0 spiro atoms. The summed E-state index contributed by atoms with van der Waals surface area (Å²) in [7, 11) is 1.58. The van der Waals surface area contributed by atoms with Gasteiger partial charge in [-0.15, -0.1) is 0 Å². The molecular formula is C17H10ClNO2. The van der Waals surface area contributed by atoms with Crippen LogP contribution < -0.4 is 4.74 Å². The third kappa shape index (κ3) is 1.61. The second kappa shape index (κ2) is 4.30. The molecule has 21 heavy (non-hydrogen) atoms. The first kappa shape index (κ1) is 12.4. The molecule has 102 valence electrons. The van der Waals surface area contributed by atoms with E-state index in [1.54, 1.807) is 13.2 Å². The molecule has 3 nitrogen and oxygen atoms in total. The predicted octanol–water partition coefficient (Wildman–Crippen LogP) is 4.11. The van der Waals surface area contributed by atoms with Crippen molar-refractivity contribution in [3.63, 3.8) is 0 Å². The van der Waals surface area contributed by atoms with Gasteiger partial charge in [-0.05, 0) is 29.8 Å². The zero-order valence-corrected chi connectivity index (χ0v) is 11.9. The average Bonchev–Trinajstić information content (AvgIpc) is 2.81. The van der Waals surface area contributed by atoms with Crippen LogP contribution in [0.5, 0.6) is 5.75 Å². The number of hydrogen-bond acceptors (Lipinski definition) is 3. The second-order valence-corrected chi connectivity index (χ2v) is 5.27. The van der Waals surface area contributed by atoms with Crippen molar-refractivity contribution in [2.45, 2.75) is 0 Å². The molecule has 0 N–H and O–H groups in total. The number of halogens is 1. The number of benzene rings is 2. The van der Waals surface area contributed by atoms with Crippen molar-refractivity contribution < 1.29 is 9.53 Å². The largest absolute Gasteiger partial charge is 0.497 e. The Morgan fingerprint density at radius 3 is 2.67 bits per heavy atom. The van der Waals surface area contributed by atoms with Crippen LogP contribution in [0.25, 0.3) is 22.0 Å². The van der Waals surface area contributed by atoms with Crippen LogP contribution >= 0.6 is 11.6 Å². The van der Waals surface area contributed by atoms with Crippen LogP contribution in [0, 0.1) is 0 Å². The van der Waals surface area contributed by atoms with Crippen molar-refractivity contribution in [2.24, 2.45) is 0 Å². The van der Waals surface area contributed by atoms with Gasteiger partial charge in [-0.1, -0.05) is 29.8 Å². The highest BCUT2D eigenvalue weighted by Crippen LogP contribution is 2.44. The van der Waals surface area contributed by atoms with Gasteiger partial charge in [0.2, 0.25) is 0 Å². The summed E-state index contributed by atoms with van der Waals surface area (Å²) in [6.07, 6.45) is 0. The minimum Gasteiger partial charge on any atom is -0.497 e. The number of ether oxygens (including phenoxy) is 1. The molecule has 1 heterocycles. The van der Waals surface area contributed by atoms with Gasteiger partial charge >= 0.3 is 0 Å². The lowest BCUT2D eigenvalue weighted by atomic mass is 10.0. The quantitative estimate of drug-likeness (QED) is 0.496. The number of pyridine rings is 1. The number of carbonyl (C=O) groups is 1. The molecule has 0 saturated carbocycles. The SMILES string of the molecule is COc1ccc2c(c1)C(=O)c1c(Cl)nc3ccccc3c1-2. The Balaban J connectivity index is 2.15. The molecule has 3 aromatic rings. The summed E-state index contributed by atoms with van der Waals surface area (Å²) in [6, 6.07) is 13.2. The molecule has 0 radical (unpaired) electrons. The molecule has 0 bridgehead atoms. The Morgan fingerprint density at radius 2 is 1.86 bits per heavy atom. The molecule has 0 saturated heterocycles. The number of rotatable bonds is 1. The predicted molar refractivity (Wildman–Crippen MR) is 82.2 cm³/mol. The average molecular weight is 296 g/mol. The number of para-hydroxylation sites is 1. The molecule has 2 aromatic carbocycles. The van der Waals surface area contributed by atoms with E-state index >= 15 is 0 Å². The highest BCUT2D eigenvalue weighted by atomic mass is 35.5. The summed E-state index contributed by atoms with van der Waals surface area (Å²) >= 11 is 6.24. The number of aromatic nitrogens is 1. The van der Waals surface area contributed by atoms with Crippen LogP contribution in [0.4, 0.5) is 0 Å². The number of ketones is 1. The van der Waals surface area contributed by atoms with Gasteiger partial charge in [0.1, 0.15) is 10.9 Å². The van der Waals surface area contributed by atoms with E-state index in [1.807, 2.05) is 36.4 Å². The van der Waals surface area contributed by atoms with Crippen molar-refractivity contribution in [1.82, 2.24) is 4.98 Å². The topological polar surface area (TPSA) is 39.2 Å². The van der Waals surface area contributed by atoms with Gasteiger partial charge in [0.25, 0.3) is 0 Å². The molecule has 4 heteroatoms. The van der Waals surface area contributed by atoms with Crippen LogP contribution in [0.2, 0.25) is 5.15 Å². The lowest BCUT2D eigenvalue weighted by molar-refractivity contribution is 0.104. The van der Waals surface area contributed by atoms with Crippen LogP contribution in [-0.4, -0.2) is 17.9 Å². The van der Waals surface area contributed by atoms with Gasteiger partial charge in [-0.2, -0.15) is 0 Å². The normalized spacial score (nSPS) is 12.4. The van der Waals surface area contributed by atoms with Crippen LogP contribution in [0.1, 0.15) is 15.9 Å². The van der Waals surface area contributed by atoms with Gasteiger partial charge in [-0.3, -0.25) is 4.79 Å². The number of methoxy groups -OCH3 is 1. The Bertz CT molecular complexity index is 918. The van der Waals surface area contributed by atoms with Crippen LogP contribution in [0.3, 0.4) is 0 Å². The van der Waals surface area contributed by atoms with E-state index in [0.29, 0.717) is 16.9 Å². The number of nitrogens with zero attached hydrogens (tertiary/aromatic N) is 1. The zero-order valence-electron chi connectivity index (χ0n) is 11.2. The van der Waals surface area contributed by atoms with Crippen molar-refractivity contribution in [3.05, 3.63) is 58.7 Å². The fourth-order valence-corrected chi connectivity index (χ4v) is 3.13. The van der Waals surface area contributed by atoms with E-state index in [9.17, 15) is 4.79 Å². The summed E-state index contributed by atoms with van der Waals surface area (Å²) in [5.74, 6) is 0.561. The van der Waals surface area contributed by atoms with Gasteiger partial charge in [-0.25, -0.2) is 4.98 Å². The molecule has 1 aromatic heterocycles. The van der Waals surface area contributed by atoms with Crippen molar-refractivity contribution >= 4 is 28.3 Å². The summed E-state index contributed by atoms with van der Waals surface area (Å²) in [6.45, 7) is 0. The molecular weight excluding hydrogens is 286 g/mol. The molecule has 0 unspecified atom stereocenters. The summed E-state index contributed by atoms with van der Waals surface area (Å²) < 4.78 is 5.20. The molecule has 1 aliphatic rings. The third-order valence-corrected chi connectivity index (χ3v) is 4.09. The van der Waals surface area contributed by atoms with Crippen molar-refractivity contribution in [1.29, 1.82) is 0 Å². The molecule has 0 amide bonds. The molecule has 4 rings (SSSR count). The first-order valence-electron chi connectivity index (χ1n) is 6.52. The van der Waals surface area contributed by atoms with E-state index in [2.05, 4.69) is 4.98 Å². The minimum atomic E-state index is -0.0952. The Morgan fingerprint density at radius 1 is 1.05 bits per heavy atom. The van der Waals surface area contributed by atoms with Gasteiger partial charge in [0.05, 0.1) is 18.2 Å². The second-order valence-electron chi connectivity index (χ2n) is 4.91. The fraction of sp³-hybridized carbons (Fsp3) is 0.0588. The number of carbonyl (C=O) groups excluding carboxylic acids is 1. The molecule has 0 aliphatic heterocycles. The molecule has 0 atom stereocenters. The standard InChI is InChI=1S/C17H10ClNO2/c1-21-9-6-7-10-12(8-9)16(20)15-14(10)11-4-2-3-5-13(11)19-17(15)18/h2-8H,1H3. The first-order chi connectivity index (χ1) is 10.2. The lowest BCUT2D eigenvalue weighted by Crippen LogP contribution is -1.98. The van der Waals surface area contributed by atoms with Gasteiger partial charge in [0, 0.05) is 16.5 Å².